The molecule has 0 aliphatic carbocycles. The molecule has 3 rings (SSSR count). The summed E-state index contributed by atoms with van der Waals surface area (Å²) in [5, 5.41) is 0. The predicted octanol–water partition coefficient (Wildman–Crippen LogP) is 3.40. The average Bonchev–Trinajstić information content (AvgIpc) is 2.62. The number of hydrogen-bond acceptors (Lipinski definition) is 3. The Morgan fingerprint density at radius 3 is 2.62 bits per heavy atom. The maximum Gasteiger partial charge on any atom is 0.262 e. The van der Waals surface area contributed by atoms with Crippen molar-refractivity contribution >= 4 is 21.6 Å². The molecule has 138 valence electrons. The highest BCUT2D eigenvalue weighted by molar-refractivity contribution is 7.92. The van der Waals surface area contributed by atoms with E-state index in [9.17, 15) is 13.2 Å². The average molecular weight is 372 g/mol. The van der Waals surface area contributed by atoms with Crippen molar-refractivity contribution in [2.24, 2.45) is 0 Å². The van der Waals surface area contributed by atoms with Gasteiger partial charge in [-0.2, -0.15) is 0 Å². The highest BCUT2D eigenvalue weighted by Gasteiger charge is 2.21. The molecule has 0 saturated heterocycles. The van der Waals surface area contributed by atoms with Crippen LogP contribution in [0.1, 0.15) is 35.6 Å². The van der Waals surface area contributed by atoms with Gasteiger partial charge in [-0.3, -0.25) is 9.52 Å². The first-order chi connectivity index (χ1) is 12.3. The van der Waals surface area contributed by atoms with Crippen LogP contribution in [0.4, 0.5) is 5.69 Å². The number of anilines is 1. The number of fused-ring (bicyclic) bond motifs is 1. The molecule has 0 radical (unpaired) electrons. The standard InChI is InChI=1S/C20H24N2O3S/c1-4-20(23)22-10-9-16-7-8-18(12-17(16)13-22)21-26(24,25)19-11-14(2)5-6-15(19)3/h5-8,11-12,21H,4,9-10,13H2,1-3H3. The fraction of sp³-hybridized carbons (Fsp3) is 0.350. The molecule has 1 amide bonds. The summed E-state index contributed by atoms with van der Waals surface area (Å²) in [5.74, 6) is 0.122. The number of nitrogens with zero attached hydrogens (tertiary/aromatic N) is 1. The fourth-order valence-corrected chi connectivity index (χ4v) is 4.64. The summed E-state index contributed by atoms with van der Waals surface area (Å²) in [6.07, 6.45) is 1.28. The van der Waals surface area contributed by atoms with E-state index < -0.39 is 10.0 Å². The SMILES string of the molecule is CCC(=O)N1CCc2ccc(NS(=O)(=O)c3cc(C)ccc3C)cc2C1. The van der Waals surface area contributed by atoms with E-state index >= 15 is 0 Å². The van der Waals surface area contributed by atoms with Crippen LogP contribution < -0.4 is 4.72 Å². The van der Waals surface area contributed by atoms with Crippen molar-refractivity contribution in [3.05, 3.63) is 58.7 Å². The van der Waals surface area contributed by atoms with Crippen LogP contribution in [0.25, 0.3) is 0 Å². The van der Waals surface area contributed by atoms with Gasteiger partial charge in [-0.15, -0.1) is 0 Å². The van der Waals surface area contributed by atoms with Crippen molar-refractivity contribution in [2.45, 2.75) is 45.1 Å². The largest absolute Gasteiger partial charge is 0.338 e. The van der Waals surface area contributed by atoms with E-state index in [2.05, 4.69) is 4.72 Å². The van der Waals surface area contributed by atoms with Crippen molar-refractivity contribution in [3.8, 4) is 0 Å². The number of amides is 1. The predicted molar refractivity (Wildman–Crippen MR) is 103 cm³/mol. The zero-order valence-corrected chi connectivity index (χ0v) is 16.2. The highest BCUT2D eigenvalue weighted by atomic mass is 32.2. The van der Waals surface area contributed by atoms with E-state index in [1.54, 1.807) is 19.1 Å². The summed E-state index contributed by atoms with van der Waals surface area (Å²) in [6.45, 7) is 6.76. The molecule has 6 heteroatoms. The number of carbonyl (C=O) groups excluding carboxylic acids is 1. The third kappa shape index (κ3) is 3.75. The fourth-order valence-electron chi connectivity index (χ4n) is 3.26. The van der Waals surface area contributed by atoms with Crippen LogP contribution in [0.2, 0.25) is 0 Å². The van der Waals surface area contributed by atoms with Crippen molar-refractivity contribution in [1.82, 2.24) is 4.90 Å². The Morgan fingerprint density at radius 1 is 1.12 bits per heavy atom. The number of sulfonamides is 1. The second kappa shape index (κ2) is 7.11. The Balaban J connectivity index is 1.87. The Bertz CT molecular complexity index is 952. The molecule has 26 heavy (non-hydrogen) atoms. The first-order valence-electron chi connectivity index (χ1n) is 8.80. The van der Waals surface area contributed by atoms with Crippen LogP contribution in [-0.4, -0.2) is 25.8 Å². The van der Waals surface area contributed by atoms with Crippen LogP contribution in [0, 0.1) is 13.8 Å². The topological polar surface area (TPSA) is 66.5 Å². The maximum absolute atomic E-state index is 12.8. The number of carbonyl (C=O) groups is 1. The smallest absolute Gasteiger partial charge is 0.262 e. The van der Waals surface area contributed by atoms with Crippen molar-refractivity contribution in [2.75, 3.05) is 11.3 Å². The van der Waals surface area contributed by atoms with Crippen LogP contribution in [0.3, 0.4) is 0 Å². The lowest BCUT2D eigenvalue weighted by Gasteiger charge is -2.29. The number of hydrogen-bond donors (Lipinski definition) is 1. The molecule has 0 bridgehead atoms. The molecule has 0 aromatic heterocycles. The third-order valence-electron chi connectivity index (χ3n) is 4.76. The van der Waals surface area contributed by atoms with Gasteiger partial charge in [-0.25, -0.2) is 8.42 Å². The normalized spacial score (nSPS) is 14.0. The van der Waals surface area contributed by atoms with Gasteiger partial charge < -0.3 is 4.90 Å². The lowest BCUT2D eigenvalue weighted by Crippen LogP contribution is -2.35. The summed E-state index contributed by atoms with van der Waals surface area (Å²) < 4.78 is 28.3. The van der Waals surface area contributed by atoms with E-state index in [0.29, 0.717) is 30.8 Å². The number of benzene rings is 2. The quantitative estimate of drug-likeness (QED) is 0.894. The van der Waals surface area contributed by atoms with Gasteiger partial charge in [-0.05, 0) is 60.7 Å². The monoisotopic (exact) mass is 372 g/mol. The third-order valence-corrected chi connectivity index (χ3v) is 6.28. The van der Waals surface area contributed by atoms with E-state index in [4.69, 9.17) is 0 Å². The van der Waals surface area contributed by atoms with E-state index in [0.717, 1.165) is 17.5 Å². The molecule has 1 aliphatic heterocycles. The Labute approximate surface area is 155 Å². The number of nitrogens with one attached hydrogen (secondary N) is 1. The summed E-state index contributed by atoms with van der Waals surface area (Å²) in [5.41, 5.74) is 4.30. The van der Waals surface area contributed by atoms with Crippen molar-refractivity contribution in [1.29, 1.82) is 0 Å². The molecule has 2 aromatic rings. The van der Waals surface area contributed by atoms with Crippen LogP contribution >= 0.6 is 0 Å². The van der Waals surface area contributed by atoms with Crippen LogP contribution in [0.15, 0.2) is 41.3 Å². The minimum absolute atomic E-state index is 0.122. The van der Waals surface area contributed by atoms with Gasteiger partial charge in [-0.1, -0.05) is 25.1 Å². The molecule has 1 heterocycles. The van der Waals surface area contributed by atoms with Gasteiger partial charge in [0.1, 0.15) is 0 Å². The number of rotatable bonds is 4. The van der Waals surface area contributed by atoms with Gasteiger partial charge in [0, 0.05) is 25.2 Å². The van der Waals surface area contributed by atoms with Gasteiger partial charge in [0.25, 0.3) is 10.0 Å². The lowest BCUT2D eigenvalue weighted by molar-refractivity contribution is -0.131. The minimum atomic E-state index is -3.66. The van der Waals surface area contributed by atoms with Gasteiger partial charge in [0.15, 0.2) is 0 Å². The molecular formula is C20H24N2O3S. The van der Waals surface area contributed by atoms with Gasteiger partial charge in [0.2, 0.25) is 5.91 Å². The minimum Gasteiger partial charge on any atom is -0.338 e. The van der Waals surface area contributed by atoms with Crippen molar-refractivity contribution < 1.29 is 13.2 Å². The Kier molecular flexibility index (Phi) is 5.05. The Morgan fingerprint density at radius 2 is 1.88 bits per heavy atom. The molecule has 0 fully saturated rings. The lowest BCUT2D eigenvalue weighted by atomic mass is 9.99. The molecular weight excluding hydrogens is 348 g/mol. The van der Waals surface area contributed by atoms with E-state index in [-0.39, 0.29) is 10.8 Å². The Hall–Kier alpha value is -2.34. The van der Waals surface area contributed by atoms with E-state index in [1.807, 2.05) is 43.0 Å². The molecule has 1 aliphatic rings. The van der Waals surface area contributed by atoms with Gasteiger partial charge >= 0.3 is 0 Å². The summed E-state index contributed by atoms with van der Waals surface area (Å²) in [6, 6.07) is 11.0. The molecule has 5 nitrogen and oxygen atoms in total. The van der Waals surface area contributed by atoms with Crippen LogP contribution in [0.5, 0.6) is 0 Å². The molecule has 0 unspecified atom stereocenters. The second-order valence-electron chi connectivity index (χ2n) is 6.78. The van der Waals surface area contributed by atoms with Crippen molar-refractivity contribution in [3.63, 3.8) is 0 Å². The second-order valence-corrected chi connectivity index (χ2v) is 8.43. The first-order valence-corrected chi connectivity index (χ1v) is 10.3. The molecule has 0 atom stereocenters. The summed E-state index contributed by atoms with van der Waals surface area (Å²) in [4.78, 5) is 14.1. The zero-order valence-electron chi connectivity index (χ0n) is 15.4. The first kappa shape index (κ1) is 18.5. The van der Waals surface area contributed by atoms with Gasteiger partial charge in [0.05, 0.1) is 4.90 Å². The highest BCUT2D eigenvalue weighted by Crippen LogP contribution is 2.26. The molecule has 2 aromatic carbocycles. The number of aryl methyl sites for hydroxylation is 2. The zero-order chi connectivity index (χ0) is 18.9. The summed E-state index contributed by atoms with van der Waals surface area (Å²) >= 11 is 0. The molecule has 0 spiro atoms. The molecule has 1 N–H and O–H groups in total. The molecule has 0 saturated carbocycles. The van der Waals surface area contributed by atoms with E-state index in [1.165, 1.54) is 5.56 Å². The maximum atomic E-state index is 12.8. The summed E-state index contributed by atoms with van der Waals surface area (Å²) in [7, 11) is -3.66. The van der Waals surface area contributed by atoms with Crippen LogP contribution in [-0.2, 0) is 27.8 Å².